The van der Waals surface area contributed by atoms with Crippen molar-refractivity contribution in [3.05, 3.63) is 59.1 Å². The van der Waals surface area contributed by atoms with E-state index in [0.29, 0.717) is 16.5 Å². The van der Waals surface area contributed by atoms with Crippen LogP contribution in [0.5, 0.6) is 5.75 Å². The van der Waals surface area contributed by atoms with Crippen LogP contribution in [0.4, 0.5) is 5.69 Å². The van der Waals surface area contributed by atoms with Crippen molar-refractivity contribution in [1.82, 2.24) is 0 Å². The van der Waals surface area contributed by atoms with E-state index in [4.69, 9.17) is 22.1 Å². The summed E-state index contributed by atoms with van der Waals surface area (Å²) < 4.78 is 5.31. The zero-order valence-electron chi connectivity index (χ0n) is 11.0. The van der Waals surface area contributed by atoms with Gasteiger partial charge in [-0.1, -0.05) is 29.8 Å². The predicted molar refractivity (Wildman–Crippen MR) is 80.5 cm³/mol. The van der Waals surface area contributed by atoms with Crippen molar-refractivity contribution in [3.63, 3.8) is 0 Å². The minimum atomic E-state index is -0.617. The van der Waals surface area contributed by atoms with E-state index in [1.165, 1.54) is 18.2 Å². The summed E-state index contributed by atoms with van der Waals surface area (Å²) in [6.45, 7) is -0.150. The van der Waals surface area contributed by atoms with Crippen molar-refractivity contribution in [2.45, 2.75) is 0 Å². The van der Waals surface area contributed by atoms with Gasteiger partial charge in [0.05, 0.1) is 0 Å². The standard InChI is InChI=1S/C15H13ClN2O3/c16-11-6-10(15(17)20)7-12(8-11)18-14(19)9-21-13-4-2-1-3-5-13/h1-8H,9H2,(H2,17,20)(H,18,19). The van der Waals surface area contributed by atoms with E-state index in [0.717, 1.165) is 0 Å². The van der Waals surface area contributed by atoms with Gasteiger partial charge in [-0.15, -0.1) is 0 Å². The molecular formula is C15H13ClN2O3. The number of ether oxygens (including phenoxy) is 1. The van der Waals surface area contributed by atoms with E-state index in [9.17, 15) is 9.59 Å². The van der Waals surface area contributed by atoms with Gasteiger partial charge in [0.1, 0.15) is 5.75 Å². The SMILES string of the molecule is NC(=O)c1cc(Cl)cc(NC(=O)COc2ccccc2)c1. The van der Waals surface area contributed by atoms with Crippen LogP contribution in [0.2, 0.25) is 5.02 Å². The number of anilines is 1. The number of nitrogens with one attached hydrogen (secondary N) is 1. The molecule has 0 atom stereocenters. The van der Waals surface area contributed by atoms with Gasteiger partial charge >= 0.3 is 0 Å². The largest absolute Gasteiger partial charge is 0.484 e. The minimum absolute atomic E-state index is 0.150. The van der Waals surface area contributed by atoms with Crippen LogP contribution in [-0.4, -0.2) is 18.4 Å². The Morgan fingerprint density at radius 3 is 2.52 bits per heavy atom. The smallest absolute Gasteiger partial charge is 0.262 e. The molecule has 0 unspecified atom stereocenters. The molecule has 2 amide bonds. The third-order valence-corrected chi connectivity index (χ3v) is 2.80. The van der Waals surface area contributed by atoms with Crippen LogP contribution < -0.4 is 15.8 Å². The zero-order valence-corrected chi connectivity index (χ0v) is 11.8. The zero-order chi connectivity index (χ0) is 15.2. The van der Waals surface area contributed by atoms with E-state index < -0.39 is 5.91 Å². The molecule has 0 aliphatic heterocycles. The monoisotopic (exact) mass is 304 g/mol. The van der Waals surface area contributed by atoms with Crippen LogP contribution >= 0.6 is 11.6 Å². The summed E-state index contributed by atoms with van der Waals surface area (Å²) in [5.41, 5.74) is 5.79. The summed E-state index contributed by atoms with van der Waals surface area (Å²) in [6.07, 6.45) is 0. The van der Waals surface area contributed by atoms with Crippen molar-refractivity contribution >= 4 is 29.1 Å². The highest BCUT2D eigenvalue weighted by molar-refractivity contribution is 6.31. The third kappa shape index (κ3) is 4.50. The Hall–Kier alpha value is -2.53. The number of hydrogen-bond acceptors (Lipinski definition) is 3. The van der Waals surface area contributed by atoms with Crippen molar-refractivity contribution in [1.29, 1.82) is 0 Å². The van der Waals surface area contributed by atoms with Gasteiger partial charge in [-0.2, -0.15) is 0 Å². The van der Waals surface area contributed by atoms with Gasteiger partial charge in [-0.25, -0.2) is 0 Å². The van der Waals surface area contributed by atoms with Crippen LogP contribution in [0.25, 0.3) is 0 Å². The summed E-state index contributed by atoms with van der Waals surface area (Å²) in [5, 5.41) is 2.90. The number of nitrogens with two attached hydrogens (primary N) is 1. The molecule has 2 aromatic carbocycles. The number of rotatable bonds is 5. The number of hydrogen-bond donors (Lipinski definition) is 2. The van der Waals surface area contributed by atoms with Crippen LogP contribution in [0.1, 0.15) is 10.4 Å². The maximum absolute atomic E-state index is 11.8. The maximum atomic E-state index is 11.8. The van der Waals surface area contributed by atoms with Gasteiger partial charge in [-0.05, 0) is 30.3 Å². The second kappa shape index (κ2) is 6.76. The Labute approximate surface area is 126 Å². The molecule has 6 heteroatoms. The third-order valence-electron chi connectivity index (χ3n) is 2.58. The first-order chi connectivity index (χ1) is 10.0. The summed E-state index contributed by atoms with van der Waals surface area (Å²) >= 11 is 5.86. The molecule has 0 fully saturated rings. The van der Waals surface area contributed by atoms with E-state index in [1.54, 1.807) is 12.1 Å². The summed E-state index contributed by atoms with van der Waals surface area (Å²) in [5.74, 6) is -0.387. The Balaban J connectivity index is 1.98. The average Bonchev–Trinajstić information content (AvgIpc) is 2.45. The summed E-state index contributed by atoms with van der Waals surface area (Å²) in [7, 11) is 0. The van der Waals surface area contributed by atoms with Gasteiger partial charge in [0.2, 0.25) is 5.91 Å². The number of para-hydroxylation sites is 1. The van der Waals surface area contributed by atoms with Gasteiger partial charge in [0, 0.05) is 16.3 Å². The maximum Gasteiger partial charge on any atom is 0.262 e. The van der Waals surface area contributed by atoms with Crippen molar-refractivity contribution < 1.29 is 14.3 Å². The molecule has 0 aromatic heterocycles. The predicted octanol–water partition coefficient (Wildman–Crippen LogP) is 2.46. The molecule has 3 N–H and O–H groups in total. The minimum Gasteiger partial charge on any atom is -0.484 e. The van der Waals surface area contributed by atoms with Crippen molar-refractivity contribution in [2.75, 3.05) is 11.9 Å². The Kier molecular flexibility index (Phi) is 4.79. The van der Waals surface area contributed by atoms with Gasteiger partial charge < -0.3 is 15.8 Å². The molecule has 0 spiro atoms. The van der Waals surface area contributed by atoms with Crippen molar-refractivity contribution in [2.24, 2.45) is 5.73 Å². The summed E-state index contributed by atoms with van der Waals surface area (Å²) in [6, 6.07) is 13.4. The average molecular weight is 305 g/mol. The van der Waals surface area contributed by atoms with Gasteiger partial charge in [-0.3, -0.25) is 9.59 Å². The van der Waals surface area contributed by atoms with Gasteiger partial charge in [0.25, 0.3) is 5.91 Å². The quantitative estimate of drug-likeness (QED) is 0.890. The number of amides is 2. The lowest BCUT2D eigenvalue weighted by Gasteiger charge is -2.08. The fraction of sp³-hybridized carbons (Fsp3) is 0.0667. The van der Waals surface area contributed by atoms with E-state index in [-0.39, 0.29) is 18.1 Å². The Bertz CT molecular complexity index is 659. The molecule has 0 saturated carbocycles. The molecule has 0 radical (unpaired) electrons. The Morgan fingerprint density at radius 2 is 1.86 bits per heavy atom. The van der Waals surface area contributed by atoms with Gasteiger partial charge in [0.15, 0.2) is 6.61 Å². The molecule has 0 bridgehead atoms. The van der Waals surface area contributed by atoms with E-state index in [1.807, 2.05) is 18.2 Å². The molecular weight excluding hydrogens is 292 g/mol. The number of carbonyl (C=O) groups excluding carboxylic acids is 2. The lowest BCUT2D eigenvalue weighted by molar-refractivity contribution is -0.118. The molecule has 2 aromatic rings. The number of halogens is 1. The molecule has 0 saturated heterocycles. The second-order valence-corrected chi connectivity index (χ2v) is 4.68. The van der Waals surface area contributed by atoms with Crippen LogP contribution in [-0.2, 0) is 4.79 Å². The van der Waals surface area contributed by atoms with Crippen LogP contribution in [0, 0.1) is 0 Å². The molecule has 0 aliphatic rings. The topological polar surface area (TPSA) is 81.4 Å². The number of carbonyl (C=O) groups is 2. The fourth-order valence-electron chi connectivity index (χ4n) is 1.67. The number of primary amides is 1. The first-order valence-corrected chi connectivity index (χ1v) is 6.50. The van der Waals surface area contributed by atoms with E-state index >= 15 is 0 Å². The van der Waals surface area contributed by atoms with Crippen LogP contribution in [0.3, 0.4) is 0 Å². The lowest BCUT2D eigenvalue weighted by atomic mass is 10.2. The Morgan fingerprint density at radius 1 is 1.14 bits per heavy atom. The normalized spacial score (nSPS) is 9.95. The first-order valence-electron chi connectivity index (χ1n) is 6.12. The second-order valence-electron chi connectivity index (χ2n) is 4.24. The number of benzene rings is 2. The lowest BCUT2D eigenvalue weighted by Crippen LogP contribution is -2.20. The molecule has 21 heavy (non-hydrogen) atoms. The fourth-order valence-corrected chi connectivity index (χ4v) is 1.90. The highest BCUT2D eigenvalue weighted by Crippen LogP contribution is 2.19. The molecule has 0 heterocycles. The van der Waals surface area contributed by atoms with Crippen molar-refractivity contribution in [3.8, 4) is 5.75 Å². The summed E-state index contributed by atoms with van der Waals surface area (Å²) in [4.78, 5) is 22.9. The highest BCUT2D eigenvalue weighted by atomic mass is 35.5. The van der Waals surface area contributed by atoms with Crippen LogP contribution in [0.15, 0.2) is 48.5 Å². The first kappa shape index (κ1) is 14.9. The highest BCUT2D eigenvalue weighted by Gasteiger charge is 2.08. The molecule has 108 valence electrons. The molecule has 0 aliphatic carbocycles. The molecule has 2 rings (SSSR count). The molecule has 5 nitrogen and oxygen atoms in total. The van der Waals surface area contributed by atoms with E-state index in [2.05, 4.69) is 5.32 Å².